The Balaban J connectivity index is 2.39. The number of benzene rings is 1. The number of nitrogens with one attached hydrogen (secondary N) is 1. The highest BCUT2D eigenvalue weighted by Gasteiger charge is 2.19. The molecule has 0 amide bonds. The zero-order valence-electron chi connectivity index (χ0n) is 12.6. The van der Waals surface area contributed by atoms with Gasteiger partial charge in [-0.15, -0.1) is 0 Å². The second-order valence-corrected chi connectivity index (χ2v) is 5.58. The third kappa shape index (κ3) is 6.08. The van der Waals surface area contributed by atoms with Gasteiger partial charge in [0.1, 0.15) is 5.75 Å². The van der Waals surface area contributed by atoms with Crippen molar-refractivity contribution < 1.29 is 9.84 Å². The third-order valence-electron chi connectivity index (χ3n) is 3.32. The number of rotatable bonds is 8. The average Bonchev–Trinajstić information content (AvgIpc) is 2.37. The molecule has 2 N–H and O–H groups in total. The molecule has 3 heteroatoms. The first-order valence-corrected chi connectivity index (χ1v) is 7.05. The van der Waals surface area contributed by atoms with Crippen LogP contribution in [-0.2, 0) is 6.42 Å². The van der Waals surface area contributed by atoms with Gasteiger partial charge >= 0.3 is 0 Å². The van der Waals surface area contributed by atoms with E-state index in [1.165, 1.54) is 5.56 Å². The minimum atomic E-state index is -0.608. The number of aliphatic hydroxyl groups is 1. The molecule has 1 rings (SSSR count). The van der Waals surface area contributed by atoms with Gasteiger partial charge in [-0.2, -0.15) is 0 Å². The summed E-state index contributed by atoms with van der Waals surface area (Å²) in [5, 5.41) is 13.5. The van der Waals surface area contributed by atoms with Gasteiger partial charge in [0.25, 0.3) is 0 Å². The largest absolute Gasteiger partial charge is 0.497 e. The molecule has 0 spiro atoms. The normalized spacial score (nSPS) is 15.8. The highest BCUT2D eigenvalue weighted by Crippen LogP contribution is 2.14. The fourth-order valence-electron chi connectivity index (χ4n) is 2.21. The SMILES string of the molecule is CCCC(C)(O)CNC(C)Cc1ccc(OC)cc1. The van der Waals surface area contributed by atoms with Crippen LogP contribution in [0.2, 0.25) is 0 Å². The molecular weight excluding hydrogens is 238 g/mol. The lowest BCUT2D eigenvalue weighted by Crippen LogP contribution is -2.42. The second kappa shape index (κ2) is 7.51. The summed E-state index contributed by atoms with van der Waals surface area (Å²) in [4.78, 5) is 0. The number of ether oxygens (including phenoxy) is 1. The van der Waals surface area contributed by atoms with Gasteiger partial charge in [-0.25, -0.2) is 0 Å². The highest BCUT2D eigenvalue weighted by molar-refractivity contribution is 5.27. The van der Waals surface area contributed by atoms with E-state index >= 15 is 0 Å². The highest BCUT2D eigenvalue weighted by atomic mass is 16.5. The predicted molar refractivity (Wildman–Crippen MR) is 79.7 cm³/mol. The van der Waals surface area contributed by atoms with E-state index in [2.05, 4.69) is 31.3 Å². The molecule has 1 aromatic carbocycles. The van der Waals surface area contributed by atoms with Crippen LogP contribution < -0.4 is 10.1 Å². The summed E-state index contributed by atoms with van der Waals surface area (Å²) in [5.41, 5.74) is 0.666. The lowest BCUT2D eigenvalue weighted by atomic mass is 9.99. The lowest BCUT2D eigenvalue weighted by Gasteiger charge is -2.25. The summed E-state index contributed by atoms with van der Waals surface area (Å²) >= 11 is 0. The van der Waals surface area contributed by atoms with Crippen LogP contribution in [0.1, 0.15) is 39.2 Å². The van der Waals surface area contributed by atoms with Gasteiger partial charge in [0, 0.05) is 12.6 Å². The van der Waals surface area contributed by atoms with E-state index in [1.54, 1.807) is 7.11 Å². The first-order valence-electron chi connectivity index (χ1n) is 7.05. The van der Waals surface area contributed by atoms with Crippen molar-refractivity contribution in [2.45, 2.75) is 51.7 Å². The van der Waals surface area contributed by atoms with Gasteiger partial charge in [0.05, 0.1) is 12.7 Å². The van der Waals surface area contributed by atoms with Crippen LogP contribution in [0.3, 0.4) is 0 Å². The van der Waals surface area contributed by atoms with Gasteiger partial charge in [-0.05, 0) is 44.4 Å². The molecule has 0 aliphatic carbocycles. The van der Waals surface area contributed by atoms with E-state index < -0.39 is 5.60 Å². The zero-order valence-corrected chi connectivity index (χ0v) is 12.6. The quantitative estimate of drug-likeness (QED) is 0.759. The van der Waals surface area contributed by atoms with Gasteiger partial charge in [0.15, 0.2) is 0 Å². The summed E-state index contributed by atoms with van der Waals surface area (Å²) in [6.07, 6.45) is 2.78. The number of methoxy groups -OCH3 is 1. The van der Waals surface area contributed by atoms with Crippen LogP contribution in [0.5, 0.6) is 5.75 Å². The lowest BCUT2D eigenvalue weighted by molar-refractivity contribution is 0.0477. The van der Waals surface area contributed by atoms with E-state index in [9.17, 15) is 5.11 Å². The van der Waals surface area contributed by atoms with E-state index in [1.807, 2.05) is 19.1 Å². The van der Waals surface area contributed by atoms with Crippen LogP contribution >= 0.6 is 0 Å². The summed E-state index contributed by atoms with van der Waals surface area (Å²) < 4.78 is 5.14. The van der Waals surface area contributed by atoms with Crippen molar-refractivity contribution >= 4 is 0 Å². The molecule has 0 bridgehead atoms. The fourth-order valence-corrected chi connectivity index (χ4v) is 2.21. The molecule has 0 fully saturated rings. The van der Waals surface area contributed by atoms with Crippen LogP contribution in [0.4, 0.5) is 0 Å². The fraction of sp³-hybridized carbons (Fsp3) is 0.625. The first-order chi connectivity index (χ1) is 8.96. The molecule has 0 heterocycles. The molecule has 1 aromatic rings. The van der Waals surface area contributed by atoms with Crippen LogP contribution in [0, 0.1) is 0 Å². The monoisotopic (exact) mass is 265 g/mol. The minimum Gasteiger partial charge on any atom is -0.497 e. The number of hydrogen-bond acceptors (Lipinski definition) is 3. The molecule has 19 heavy (non-hydrogen) atoms. The van der Waals surface area contributed by atoms with Crippen molar-refractivity contribution in [1.29, 1.82) is 0 Å². The Morgan fingerprint density at radius 2 is 1.95 bits per heavy atom. The Labute approximate surface area is 117 Å². The molecule has 0 aliphatic heterocycles. The molecule has 3 nitrogen and oxygen atoms in total. The summed E-state index contributed by atoms with van der Waals surface area (Å²) in [5.74, 6) is 0.884. The third-order valence-corrected chi connectivity index (χ3v) is 3.32. The van der Waals surface area contributed by atoms with E-state index in [0.29, 0.717) is 12.6 Å². The summed E-state index contributed by atoms with van der Waals surface area (Å²) in [7, 11) is 1.68. The Hall–Kier alpha value is -1.06. The summed E-state index contributed by atoms with van der Waals surface area (Å²) in [6.45, 7) is 6.77. The van der Waals surface area contributed by atoms with Crippen LogP contribution in [-0.4, -0.2) is 30.4 Å². The molecule has 2 atom stereocenters. The molecule has 0 aliphatic rings. The number of hydrogen-bond donors (Lipinski definition) is 2. The van der Waals surface area contributed by atoms with Crippen LogP contribution in [0.15, 0.2) is 24.3 Å². The molecule has 0 radical (unpaired) electrons. The van der Waals surface area contributed by atoms with Gasteiger partial charge in [0.2, 0.25) is 0 Å². The van der Waals surface area contributed by atoms with Crippen molar-refractivity contribution in [2.24, 2.45) is 0 Å². The molecule has 108 valence electrons. The van der Waals surface area contributed by atoms with Crippen LogP contribution in [0.25, 0.3) is 0 Å². The van der Waals surface area contributed by atoms with Crippen molar-refractivity contribution in [2.75, 3.05) is 13.7 Å². The van der Waals surface area contributed by atoms with Gasteiger partial charge in [-0.1, -0.05) is 25.5 Å². The zero-order chi connectivity index (χ0) is 14.3. The second-order valence-electron chi connectivity index (χ2n) is 5.58. The Bertz CT molecular complexity index is 360. The van der Waals surface area contributed by atoms with Crippen molar-refractivity contribution in [1.82, 2.24) is 5.32 Å². The van der Waals surface area contributed by atoms with E-state index in [-0.39, 0.29) is 0 Å². The maximum absolute atomic E-state index is 10.1. The predicted octanol–water partition coefficient (Wildman–Crippen LogP) is 2.77. The molecular formula is C16H27NO2. The van der Waals surface area contributed by atoms with Gasteiger partial charge < -0.3 is 15.2 Å². The maximum atomic E-state index is 10.1. The van der Waals surface area contributed by atoms with Gasteiger partial charge in [-0.3, -0.25) is 0 Å². The Kier molecular flexibility index (Phi) is 6.32. The van der Waals surface area contributed by atoms with Crippen molar-refractivity contribution in [3.8, 4) is 5.75 Å². The average molecular weight is 265 g/mol. The van der Waals surface area contributed by atoms with Crippen molar-refractivity contribution in [3.63, 3.8) is 0 Å². The Morgan fingerprint density at radius 3 is 2.47 bits per heavy atom. The van der Waals surface area contributed by atoms with Crippen molar-refractivity contribution in [3.05, 3.63) is 29.8 Å². The maximum Gasteiger partial charge on any atom is 0.118 e. The van der Waals surface area contributed by atoms with E-state index in [4.69, 9.17) is 4.74 Å². The summed E-state index contributed by atoms with van der Waals surface area (Å²) in [6, 6.07) is 8.48. The van der Waals surface area contributed by atoms with E-state index in [0.717, 1.165) is 25.0 Å². The molecule has 2 unspecified atom stereocenters. The standard InChI is InChI=1S/C16H27NO2/c1-5-10-16(3,18)12-17-13(2)11-14-6-8-15(19-4)9-7-14/h6-9,13,17-18H,5,10-12H2,1-4H3. The smallest absolute Gasteiger partial charge is 0.118 e. The molecule has 0 saturated carbocycles. The molecule has 0 saturated heterocycles. The minimum absolute atomic E-state index is 0.344. The Morgan fingerprint density at radius 1 is 1.32 bits per heavy atom. The topological polar surface area (TPSA) is 41.5 Å². The molecule has 0 aromatic heterocycles. The first kappa shape index (κ1) is 16.0.